The van der Waals surface area contributed by atoms with E-state index in [1.165, 1.54) is 0 Å². The fourth-order valence-corrected chi connectivity index (χ4v) is 4.56. The maximum absolute atomic E-state index is 12.7. The third-order valence-corrected chi connectivity index (χ3v) is 6.09. The van der Waals surface area contributed by atoms with E-state index in [-0.39, 0.29) is 11.8 Å². The molecule has 2 aromatic rings. The van der Waals surface area contributed by atoms with Crippen LogP contribution in [0.25, 0.3) is 6.08 Å². The third-order valence-electron chi connectivity index (χ3n) is 6.09. The number of hydrogen-bond acceptors (Lipinski definition) is 5. The molecule has 0 radical (unpaired) electrons. The van der Waals surface area contributed by atoms with Gasteiger partial charge in [-0.3, -0.25) is 14.6 Å². The largest absolute Gasteiger partial charge is 0.370 e. The predicted molar refractivity (Wildman–Crippen MR) is 110 cm³/mol. The Hall–Kier alpha value is -3.22. The van der Waals surface area contributed by atoms with Crippen LogP contribution in [0.1, 0.15) is 17.5 Å². The lowest BCUT2D eigenvalue weighted by atomic mass is 10.0. The van der Waals surface area contributed by atoms with E-state index in [2.05, 4.69) is 26.3 Å². The number of carbonyl (C=O) groups is 2. The van der Waals surface area contributed by atoms with Gasteiger partial charge >= 0.3 is 0 Å². The topological polar surface area (TPSA) is 78.4 Å². The van der Waals surface area contributed by atoms with Crippen LogP contribution in [0.3, 0.4) is 0 Å². The van der Waals surface area contributed by atoms with Gasteiger partial charge in [0.15, 0.2) is 0 Å². The highest BCUT2D eigenvalue weighted by molar-refractivity contribution is 5.94. The standard InChI is InChI=1S/C22H23N5O2/c28-20-5-4-16-8-15(9-24-22(16)25-20)3-6-21(29)27-13-17-11-26(12-18(17)14-27)19-2-1-7-23-10-19/h1-3,6-10,17-18H,4-5,11-14H2,(H,24,25,28)/b6-3+/t17-,18+. The Morgan fingerprint density at radius 2 is 1.97 bits per heavy atom. The summed E-state index contributed by atoms with van der Waals surface area (Å²) in [6.45, 7) is 3.56. The number of aryl methyl sites for hydroxylation is 1. The molecule has 148 valence electrons. The number of hydrogen-bond donors (Lipinski definition) is 1. The highest BCUT2D eigenvalue weighted by atomic mass is 16.2. The lowest BCUT2D eigenvalue weighted by Crippen LogP contribution is -2.32. The van der Waals surface area contributed by atoms with Crippen molar-refractivity contribution < 1.29 is 9.59 Å². The molecule has 29 heavy (non-hydrogen) atoms. The molecule has 0 aliphatic carbocycles. The molecule has 1 N–H and O–H groups in total. The van der Waals surface area contributed by atoms with Gasteiger partial charge in [0.25, 0.3) is 0 Å². The number of amides is 2. The normalized spacial score (nSPS) is 23.2. The minimum absolute atomic E-state index is 0.00476. The van der Waals surface area contributed by atoms with Crippen molar-refractivity contribution in [3.8, 4) is 0 Å². The van der Waals surface area contributed by atoms with Crippen LogP contribution in [-0.4, -0.2) is 52.9 Å². The van der Waals surface area contributed by atoms with Gasteiger partial charge in [-0.2, -0.15) is 0 Å². The highest BCUT2D eigenvalue weighted by Crippen LogP contribution is 2.33. The zero-order chi connectivity index (χ0) is 19.8. The van der Waals surface area contributed by atoms with E-state index in [0.29, 0.717) is 30.5 Å². The predicted octanol–water partition coefficient (Wildman–Crippen LogP) is 1.97. The maximum Gasteiger partial charge on any atom is 0.246 e. The SMILES string of the molecule is O=C1CCc2cc(/C=C/C(=O)N3C[C@@H]4CN(c5cccnc5)C[C@@H]4C3)cnc2N1. The molecule has 2 aromatic heterocycles. The Bertz CT molecular complexity index is 960. The monoisotopic (exact) mass is 389 g/mol. The average molecular weight is 389 g/mol. The minimum atomic E-state index is 0.00476. The Labute approximate surface area is 169 Å². The van der Waals surface area contributed by atoms with Crippen LogP contribution in [0, 0.1) is 11.8 Å². The summed E-state index contributed by atoms with van der Waals surface area (Å²) in [7, 11) is 0. The zero-order valence-corrected chi connectivity index (χ0v) is 16.1. The van der Waals surface area contributed by atoms with Gasteiger partial charge in [-0.1, -0.05) is 0 Å². The van der Waals surface area contributed by atoms with Gasteiger partial charge in [-0.05, 0) is 41.8 Å². The second kappa shape index (κ2) is 7.31. The Morgan fingerprint density at radius 1 is 1.14 bits per heavy atom. The molecule has 2 amide bonds. The molecule has 3 aliphatic rings. The smallest absolute Gasteiger partial charge is 0.246 e. The van der Waals surface area contributed by atoms with Crippen molar-refractivity contribution in [3.63, 3.8) is 0 Å². The first kappa shape index (κ1) is 17.8. The number of aromatic nitrogens is 2. The van der Waals surface area contributed by atoms with Gasteiger partial charge in [-0.25, -0.2) is 4.98 Å². The van der Waals surface area contributed by atoms with Gasteiger partial charge in [0.2, 0.25) is 11.8 Å². The summed E-state index contributed by atoms with van der Waals surface area (Å²) in [5.74, 6) is 1.72. The third kappa shape index (κ3) is 3.60. The zero-order valence-electron chi connectivity index (χ0n) is 16.1. The molecule has 7 nitrogen and oxygen atoms in total. The van der Waals surface area contributed by atoms with Crippen LogP contribution in [-0.2, 0) is 16.0 Å². The van der Waals surface area contributed by atoms with Crippen LogP contribution >= 0.6 is 0 Å². The number of nitrogens with one attached hydrogen (secondary N) is 1. The fraction of sp³-hybridized carbons (Fsp3) is 0.364. The van der Waals surface area contributed by atoms with E-state index in [1.807, 2.05) is 29.3 Å². The number of nitrogens with zero attached hydrogens (tertiary/aromatic N) is 4. The second-order valence-electron chi connectivity index (χ2n) is 8.04. The number of anilines is 2. The molecule has 0 unspecified atom stereocenters. The van der Waals surface area contributed by atoms with Crippen LogP contribution in [0.5, 0.6) is 0 Å². The van der Waals surface area contributed by atoms with E-state index >= 15 is 0 Å². The Balaban J connectivity index is 1.19. The number of fused-ring (bicyclic) bond motifs is 2. The highest BCUT2D eigenvalue weighted by Gasteiger charge is 2.41. The second-order valence-corrected chi connectivity index (χ2v) is 8.04. The molecule has 5 heterocycles. The molecule has 0 saturated carbocycles. The summed E-state index contributed by atoms with van der Waals surface area (Å²) in [6, 6.07) is 6.06. The van der Waals surface area contributed by atoms with E-state index < -0.39 is 0 Å². The maximum atomic E-state index is 12.7. The summed E-state index contributed by atoms with van der Waals surface area (Å²) in [5, 5.41) is 2.78. The van der Waals surface area contributed by atoms with Crippen LogP contribution < -0.4 is 10.2 Å². The molecule has 0 aromatic carbocycles. The van der Waals surface area contributed by atoms with Crippen molar-refractivity contribution in [1.29, 1.82) is 0 Å². The van der Waals surface area contributed by atoms with Gasteiger partial charge in [0, 0.05) is 62.9 Å². The van der Waals surface area contributed by atoms with Gasteiger partial charge in [-0.15, -0.1) is 0 Å². The first-order valence-electron chi connectivity index (χ1n) is 10.1. The van der Waals surface area contributed by atoms with E-state index in [0.717, 1.165) is 43.0 Å². The molecule has 2 fully saturated rings. The van der Waals surface area contributed by atoms with Crippen molar-refractivity contribution in [2.45, 2.75) is 12.8 Å². The van der Waals surface area contributed by atoms with Crippen molar-refractivity contribution in [2.75, 3.05) is 36.4 Å². The summed E-state index contributed by atoms with van der Waals surface area (Å²) in [5.41, 5.74) is 3.07. The molecule has 7 heteroatoms. The quantitative estimate of drug-likeness (QED) is 0.812. The lowest BCUT2D eigenvalue weighted by molar-refractivity contribution is -0.125. The molecule has 3 aliphatic heterocycles. The molecule has 0 bridgehead atoms. The average Bonchev–Trinajstić information content (AvgIpc) is 3.32. The van der Waals surface area contributed by atoms with Crippen molar-refractivity contribution >= 4 is 29.4 Å². The number of carbonyl (C=O) groups excluding carboxylic acids is 2. The van der Waals surface area contributed by atoms with E-state index in [1.54, 1.807) is 18.5 Å². The summed E-state index contributed by atoms with van der Waals surface area (Å²) in [6.07, 6.45) is 10.0. The molecule has 0 spiro atoms. The lowest BCUT2D eigenvalue weighted by Gasteiger charge is -2.22. The van der Waals surface area contributed by atoms with Crippen LogP contribution in [0.15, 0.2) is 42.9 Å². The first-order chi connectivity index (χ1) is 14.2. The van der Waals surface area contributed by atoms with E-state index in [4.69, 9.17) is 0 Å². The van der Waals surface area contributed by atoms with Crippen molar-refractivity contribution in [3.05, 3.63) is 54.0 Å². The molecule has 2 saturated heterocycles. The van der Waals surface area contributed by atoms with Gasteiger partial charge in [0.05, 0.1) is 11.9 Å². The van der Waals surface area contributed by atoms with Crippen LogP contribution in [0.4, 0.5) is 11.5 Å². The van der Waals surface area contributed by atoms with Gasteiger partial charge < -0.3 is 15.1 Å². The van der Waals surface area contributed by atoms with Crippen molar-refractivity contribution in [1.82, 2.24) is 14.9 Å². The molecular weight excluding hydrogens is 366 g/mol. The molecular formula is C22H23N5O2. The molecule has 5 rings (SSSR count). The number of rotatable bonds is 3. The number of pyridine rings is 2. The minimum Gasteiger partial charge on any atom is -0.370 e. The summed E-state index contributed by atoms with van der Waals surface area (Å²) in [4.78, 5) is 37.0. The fourth-order valence-electron chi connectivity index (χ4n) is 4.56. The number of likely N-dealkylation sites (tertiary alicyclic amines) is 1. The molecule has 2 atom stereocenters. The summed E-state index contributed by atoms with van der Waals surface area (Å²) < 4.78 is 0. The first-order valence-corrected chi connectivity index (χ1v) is 10.1. The van der Waals surface area contributed by atoms with Gasteiger partial charge in [0.1, 0.15) is 5.82 Å². The van der Waals surface area contributed by atoms with E-state index in [9.17, 15) is 9.59 Å². The van der Waals surface area contributed by atoms with Crippen LogP contribution in [0.2, 0.25) is 0 Å². The summed E-state index contributed by atoms with van der Waals surface area (Å²) >= 11 is 0. The Morgan fingerprint density at radius 3 is 2.72 bits per heavy atom. The Kier molecular flexibility index (Phi) is 4.50. The van der Waals surface area contributed by atoms with Crippen molar-refractivity contribution in [2.24, 2.45) is 11.8 Å².